The van der Waals surface area contributed by atoms with Gasteiger partial charge in [-0.15, -0.1) is 11.3 Å². The Labute approximate surface area is 152 Å². The molecule has 0 fully saturated rings. The average molecular weight is 385 g/mol. The van der Waals surface area contributed by atoms with E-state index in [1.807, 2.05) is 6.07 Å². The molecule has 0 unspecified atom stereocenters. The molecule has 0 spiro atoms. The third kappa shape index (κ3) is 3.55. The van der Waals surface area contributed by atoms with Crippen molar-refractivity contribution in [2.24, 2.45) is 0 Å². The molecule has 0 saturated heterocycles. The lowest BCUT2D eigenvalue weighted by Gasteiger charge is -2.09. The van der Waals surface area contributed by atoms with Gasteiger partial charge in [0.2, 0.25) is 0 Å². The zero-order valence-corrected chi connectivity index (χ0v) is 15.1. The van der Waals surface area contributed by atoms with Gasteiger partial charge in [-0.25, -0.2) is 9.78 Å². The summed E-state index contributed by atoms with van der Waals surface area (Å²) < 4.78 is 5.06. The Kier molecular flexibility index (Phi) is 5.08. The van der Waals surface area contributed by atoms with Crippen LogP contribution >= 0.6 is 34.5 Å². The highest BCUT2D eigenvalue weighted by molar-refractivity contribution is 7.14. The predicted octanol–water partition coefficient (Wildman–Crippen LogP) is 4.04. The molecule has 1 aliphatic rings. The monoisotopic (exact) mass is 384 g/mol. The van der Waals surface area contributed by atoms with Gasteiger partial charge >= 0.3 is 5.97 Å². The molecular formula is C16H14Cl2N2O3S. The molecule has 2 aromatic rings. The maximum absolute atomic E-state index is 12.0. The zero-order chi connectivity index (χ0) is 17.3. The fourth-order valence-corrected chi connectivity index (χ4v) is 3.98. The summed E-state index contributed by atoms with van der Waals surface area (Å²) in [6, 6.07) is 1.86. The van der Waals surface area contributed by atoms with E-state index in [1.165, 1.54) is 28.0 Å². The van der Waals surface area contributed by atoms with Crippen molar-refractivity contribution in [3.05, 3.63) is 43.2 Å². The van der Waals surface area contributed by atoms with Crippen LogP contribution in [-0.4, -0.2) is 23.5 Å². The maximum Gasteiger partial charge on any atom is 0.348 e. The van der Waals surface area contributed by atoms with Gasteiger partial charge in [0.25, 0.3) is 5.91 Å². The normalized spacial score (nSPS) is 12.8. The van der Waals surface area contributed by atoms with Gasteiger partial charge < -0.3 is 10.1 Å². The number of esters is 1. The third-order valence-corrected chi connectivity index (χ3v) is 5.80. The second-order valence-electron chi connectivity index (χ2n) is 5.43. The Morgan fingerprint density at radius 2 is 2.17 bits per heavy atom. The van der Waals surface area contributed by atoms with Crippen LogP contribution in [0.1, 0.15) is 32.1 Å². The Bertz CT molecular complexity index is 798. The molecule has 2 heterocycles. The number of pyridine rings is 1. The third-order valence-electron chi connectivity index (χ3n) is 3.74. The summed E-state index contributed by atoms with van der Waals surface area (Å²) in [6.45, 7) is 1.32. The summed E-state index contributed by atoms with van der Waals surface area (Å²) in [4.78, 5) is 29.7. The Hall–Kier alpha value is -1.63. The first-order valence-electron chi connectivity index (χ1n) is 7.35. The number of halogens is 2. The Morgan fingerprint density at radius 1 is 1.38 bits per heavy atom. The summed E-state index contributed by atoms with van der Waals surface area (Å²) in [7, 11) is 0. The smallest absolute Gasteiger partial charge is 0.348 e. The van der Waals surface area contributed by atoms with Crippen LogP contribution in [0.3, 0.4) is 0 Å². The van der Waals surface area contributed by atoms with E-state index in [9.17, 15) is 9.59 Å². The van der Waals surface area contributed by atoms with Gasteiger partial charge in [0, 0.05) is 11.1 Å². The summed E-state index contributed by atoms with van der Waals surface area (Å²) in [5.74, 6) is -0.811. The number of nitrogens with zero attached hydrogens (tertiary/aromatic N) is 1. The number of carbonyl (C=O) groups excluding carboxylic acids is 2. The number of amides is 1. The highest BCUT2D eigenvalue weighted by atomic mass is 35.5. The first kappa shape index (κ1) is 17.2. The largest absolute Gasteiger partial charge is 0.451 e. The summed E-state index contributed by atoms with van der Waals surface area (Å²) in [6.07, 6.45) is 4.54. The molecule has 1 aliphatic carbocycles. The summed E-state index contributed by atoms with van der Waals surface area (Å²) in [5, 5.41) is 3.18. The quantitative estimate of drug-likeness (QED) is 0.807. The van der Waals surface area contributed by atoms with Crippen molar-refractivity contribution in [2.75, 3.05) is 11.9 Å². The first-order chi connectivity index (χ1) is 11.5. The van der Waals surface area contributed by atoms with Gasteiger partial charge in [0.1, 0.15) is 4.88 Å². The first-order valence-corrected chi connectivity index (χ1v) is 8.92. The van der Waals surface area contributed by atoms with E-state index in [4.69, 9.17) is 27.9 Å². The number of anilines is 1. The van der Waals surface area contributed by atoms with E-state index in [-0.39, 0.29) is 10.8 Å². The fourth-order valence-electron chi connectivity index (χ4n) is 2.44. The lowest BCUT2D eigenvalue weighted by molar-refractivity contribution is -0.119. The van der Waals surface area contributed by atoms with Crippen molar-refractivity contribution in [2.45, 2.75) is 26.2 Å². The molecule has 2 aromatic heterocycles. The van der Waals surface area contributed by atoms with Crippen molar-refractivity contribution >= 4 is 52.2 Å². The van der Waals surface area contributed by atoms with E-state index in [0.717, 1.165) is 19.3 Å². The number of ether oxygens (including phenoxy) is 1. The van der Waals surface area contributed by atoms with Crippen molar-refractivity contribution < 1.29 is 14.3 Å². The molecule has 0 bridgehead atoms. The van der Waals surface area contributed by atoms with Gasteiger partial charge in [-0.3, -0.25) is 4.79 Å². The van der Waals surface area contributed by atoms with Crippen LogP contribution in [0.5, 0.6) is 0 Å². The lowest BCUT2D eigenvalue weighted by Crippen LogP contribution is -2.21. The minimum atomic E-state index is -0.511. The van der Waals surface area contributed by atoms with E-state index >= 15 is 0 Å². The van der Waals surface area contributed by atoms with Crippen LogP contribution in [0.2, 0.25) is 10.0 Å². The molecule has 0 radical (unpaired) electrons. The molecule has 0 saturated carbocycles. The molecule has 0 atom stereocenters. The highest BCUT2D eigenvalue weighted by Gasteiger charge is 2.20. The van der Waals surface area contributed by atoms with Crippen LogP contribution in [0.4, 0.5) is 5.82 Å². The summed E-state index contributed by atoms with van der Waals surface area (Å²) >= 11 is 13.4. The lowest BCUT2D eigenvalue weighted by atomic mass is 10.2. The molecule has 0 aromatic carbocycles. The zero-order valence-electron chi connectivity index (χ0n) is 12.8. The molecular weight excluding hydrogens is 371 g/mol. The molecule has 8 heteroatoms. The minimum Gasteiger partial charge on any atom is -0.451 e. The van der Waals surface area contributed by atoms with E-state index < -0.39 is 18.5 Å². The molecule has 0 aliphatic heterocycles. The minimum absolute atomic E-state index is 0.190. The number of fused-ring (bicyclic) bond motifs is 1. The number of nitrogens with one attached hydrogen (secondary N) is 1. The van der Waals surface area contributed by atoms with Crippen molar-refractivity contribution in [3.63, 3.8) is 0 Å². The van der Waals surface area contributed by atoms with E-state index in [0.29, 0.717) is 15.5 Å². The van der Waals surface area contributed by atoms with Crippen LogP contribution in [0, 0.1) is 6.92 Å². The van der Waals surface area contributed by atoms with Gasteiger partial charge in [-0.2, -0.15) is 0 Å². The number of carbonyl (C=O) groups is 2. The standard InChI is InChI=1S/C16H14Cl2N2O3S/c1-8-10(17)6-19-15(14(8)18)20-13(21)7-23-16(22)12-5-9-3-2-4-11(9)24-12/h5-6H,2-4,7H2,1H3,(H,19,20,21). The molecule has 24 heavy (non-hydrogen) atoms. The second-order valence-corrected chi connectivity index (χ2v) is 7.35. The number of aryl methyl sites for hydroxylation is 2. The van der Waals surface area contributed by atoms with E-state index in [2.05, 4.69) is 10.3 Å². The van der Waals surface area contributed by atoms with Gasteiger partial charge in [-0.05, 0) is 43.4 Å². The molecule has 3 rings (SSSR count). The number of thiophene rings is 1. The summed E-state index contributed by atoms with van der Waals surface area (Å²) in [5.41, 5.74) is 1.83. The SMILES string of the molecule is Cc1c(Cl)cnc(NC(=O)COC(=O)c2cc3c(s2)CCC3)c1Cl. The highest BCUT2D eigenvalue weighted by Crippen LogP contribution is 2.31. The average Bonchev–Trinajstić information content (AvgIpc) is 3.15. The van der Waals surface area contributed by atoms with Crippen LogP contribution in [-0.2, 0) is 22.4 Å². The van der Waals surface area contributed by atoms with E-state index in [1.54, 1.807) is 6.92 Å². The van der Waals surface area contributed by atoms with Crippen molar-refractivity contribution in [1.82, 2.24) is 4.98 Å². The van der Waals surface area contributed by atoms with Crippen molar-refractivity contribution in [1.29, 1.82) is 0 Å². The Morgan fingerprint density at radius 3 is 2.92 bits per heavy atom. The second kappa shape index (κ2) is 7.09. The van der Waals surface area contributed by atoms with Gasteiger partial charge in [0.05, 0.1) is 10.0 Å². The molecule has 5 nitrogen and oxygen atoms in total. The topological polar surface area (TPSA) is 68.3 Å². The number of hydrogen-bond donors (Lipinski definition) is 1. The number of hydrogen-bond acceptors (Lipinski definition) is 5. The molecule has 126 valence electrons. The van der Waals surface area contributed by atoms with Crippen LogP contribution in [0.15, 0.2) is 12.3 Å². The predicted molar refractivity (Wildman–Crippen MR) is 94.3 cm³/mol. The van der Waals surface area contributed by atoms with Crippen LogP contribution in [0.25, 0.3) is 0 Å². The fraction of sp³-hybridized carbons (Fsp3) is 0.312. The van der Waals surface area contributed by atoms with Crippen molar-refractivity contribution in [3.8, 4) is 0 Å². The van der Waals surface area contributed by atoms with Gasteiger partial charge in [0.15, 0.2) is 12.4 Å². The number of rotatable bonds is 4. The number of aromatic nitrogens is 1. The maximum atomic E-state index is 12.0. The Balaban J connectivity index is 1.57. The van der Waals surface area contributed by atoms with Gasteiger partial charge in [-0.1, -0.05) is 23.2 Å². The molecule has 1 amide bonds. The molecule has 1 N–H and O–H groups in total. The van der Waals surface area contributed by atoms with Crippen LogP contribution < -0.4 is 5.32 Å².